The molecule has 0 spiro atoms. The fourth-order valence-corrected chi connectivity index (χ4v) is 2.65. The van der Waals surface area contributed by atoms with Crippen LogP contribution in [0.3, 0.4) is 0 Å². The second-order valence-electron chi connectivity index (χ2n) is 6.88. The van der Waals surface area contributed by atoms with Crippen LogP contribution in [0, 0.1) is 0 Å². The lowest BCUT2D eigenvalue weighted by Crippen LogP contribution is -2.51. The zero-order valence-corrected chi connectivity index (χ0v) is 18.3. The Morgan fingerprint density at radius 3 is 1.29 bits per heavy atom. The van der Waals surface area contributed by atoms with Gasteiger partial charge >= 0.3 is 24.1 Å². The number of carboxylic acid groups (broad SMARTS) is 2. The van der Waals surface area contributed by atoms with E-state index in [9.17, 15) is 39.6 Å². The van der Waals surface area contributed by atoms with Gasteiger partial charge in [-0.2, -0.15) is 10.1 Å². The third-order valence-corrected chi connectivity index (χ3v) is 4.44. The summed E-state index contributed by atoms with van der Waals surface area (Å²) in [7, 11) is 0. The fourth-order valence-electron chi connectivity index (χ4n) is 2.65. The summed E-state index contributed by atoms with van der Waals surface area (Å²) >= 11 is 0. The SMILES string of the molecule is O=C(O)C(CO)N(OCc1ccccc1)C(=O)OC(=O)N(OCc1ccccc1)C(CO)C(=O)O. The average molecular weight is 492 g/mol. The first-order valence-corrected chi connectivity index (χ1v) is 10.1. The number of aliphatic hydroxyl groups is 2. The Balaban J connectivity index is 2.20. The third-order valence-electron chi connectivity index (χ3n) is 4.44. The van der Waals surface area contributed by atoms with E-state index in [1.165, 1.54) is 0 Å². The monoisotopic (exact) mass is 492 g/mol. The van der Waals surface area contributed by atoms with Crippen LogP contribution in [0.1, 0.15) is 11.1 Å². The maximum Gasteiger partial charge on any atom is 0.443 e. The van der Waals surface area contributed by atoms with Crippen molar-refractivity contribution >= 4 is 24.1 Å². The minimum absolute atomic E-state index is 0.136. The molecule has 0 heterocycles. The van der Waals surface area contributed by atoms with Gasteiger partial charge in [0.25, 0.3) is 0 Å². The molecule has 2 aromatic carbocycles. The Morgan fingerprint density at radius 2 is 1.00 bits per heavy atom. The van der Waals surface area contributed by atoms with Gasteiger partial charge in [0.2, 0.25) is 0 Å². The van der Waals surface area contributed by atoms with Crippen molar-refractivity contribution in [1.82, 2.24) is 10.1 Å². The Kier molecular flexibility index (Phi) is 10.6. The van der Waals surface area contributed by atoms with Crippen LogP contribution in [-0.2, 0) is 37.2 Å². The lowest BCUT2D eigenvalue weighted by Gasteiger charge is -2.28. The average Bonchev–Trinajstić information content (AvgIpc) is 2.84. The molecule has 0 aliphatic rings. The number of aliphatic carboxylic acids is 2. The number of hydrogen-bond acceptors (Lipinski definition) is 9. The van der Waals surface area contributed by atoms with Crippen molar-refractivity contribution in [2.75, 3.05) is 13.2 Å². The summed E-state index contributed by atoms with van der Waals surface area (Å²) in [5.74, 6) is -3.33. The molecule has 2 rings (SSSR count). The normalized spacial score (nSPS) is 12.3. The van der Waals surface area contributed by atoms with Gasteiger partial charge in [0.15, 0.2) is 12.1 Å². The Morgan fingerprint density at radius 1 is 0.657 bits per heavy atom. The molecular weight excluding hydrogens is 468 g/mol. The summed E-state index contributed by atoms with van der Waals surface area (Å²) in [5.41, 5.74) is 1.05. The predicted molar refractivity (Wildman–Crippen MR) is 115 cm³/mol. The van der Waals surface area contributed by atoms with Gasteiger partial charge in [-0.25, -0.2) is 19.2 Å². The Hall–Kier alpha value is -4.04. The summed E-state index contributed by atoms with van der Waals surface area (Å²) in [6, 6.07) is 12.6. The second kappa shape index (κ2) is 13.6. The first-order valence-electron chi connectivity index (χ1n) is 10.1. The van der Waals surface area contributed by atoms with Gasteiger partial charge in [-0.15, -0.1) is 0 Å². The van der Waals surface area contributed by atoms with E-state index in [1.54, 1.807) is 60.7 Å². The molecule has 0 fully saturated rings. The quantitative estimate of drug-likeness (QED) is 0.245. The van der Waals surface area contributed by atoms with Crippen LogP contribution in [0.2, 0.25) is 0 Å². The fraction of sp³-hybridized carbons (Fsp3) is 0.273. The Bertz CT molecular complexity index is 908. The highest BCUT2D eigenvalue weighted by atomic mass is 16.8. The molecule has 2 atom stereocenters. The first-order chi connectivity index (χ1) is 16.8. The molecule has 2 aromatic rings. The van der Waals surface area contributed by atoms with Gasteiger partial charge in [0.05, 0.1) is 13.2 Å². The van der Waals surface area contributed by atoms with Crippen molar-refractivity contribution in [1.29, 1.82) is 0 Å². The van der Waals surface area contributed by atoms with Crippen molar-refractivity contribution in [2.24, 2.45) is 0 Å². The molecule has 4 N–H and O–H groups in total. The van der Waals surface area contributed by atoms with E-state index in [0.717, 1.165) is 0 Å². The molecule has 0 saturated heterocycles. The smallest absolute Gasteiger partial charge is 0.443 e. The molecular formula is C22H24N2O11. The molecule has 13 nitrogen and oxygen atoms in total. The van der Waals surface area contributed by atoms with Gasteiger partial charge in [-0.3, -0.25) is 9.68 Å². The summed E-state index contributed by atoms with van der Waals surface area (Å²) in [6.45, 7) is -2.82. The highest BCUT2D eigenvalue weighted by molar-refractivity contribution is 5.88. The van der Waals surface area contributed by atoms with Gasteiger partial charge in [-0.1, -0.05) is 60.7 Å². The van der Waals surface area contributed by atoms with Crippen LogP contribution in [0.15, 0.2) is 60.7 Å². The van der Waals surface area contributed by atoms with Crippen molar-refractivity contribution < 1.29 is 54.0 Å². The van der Waals surface area contributed by atoms with Crippen molar-refractivity contribution in [3.63, 3.8) is 0 Å². The number of hydroxylamine groups is 4. The molecule has 0 aliphatic carbocycles. The van der Waals surface area contributed by atoms with E-state index >= 15 is 0 Å². The zero-order valence-electron chi connectivity index (χ0n) is 18.3. The van der Waals surface area contributed by atoms with E-state index in [1.807, 2.05) is 0 Å². The molecule has 2 unspecified atom stereocenters. The van der Waals surface area contributed by atoms with E-state index < -0.39 is 49.4 Å². The Labute approximate surface area is 199 Å². The van der Waals surface area contributed by atoms with Crippen LogP contribution in [0.5, 0.6) is 0 Å². The standard InChI is InChI=1S/C22H24N2O11/c25-11-17(19(27)28)23(33-13-15-7-3-1-4-8-15)21(31)35-22(32)24(18(12-26)20(29)30)34-14-16-9-5-2-6-10-16/h1-10,17-18,25-26H,11-14H2,(H,27,28)(H,29,30). The number of rotatable bonds is 12. The summed E-state index contributed by atoms with van der Waals surface area (Å²) in [5, 5.41) is 37.8. The molecule has 2 amide bonds. The van der Waals surface area contributed by atoms with Crippen molar-refractivity contribution in [3.05, 3.63) is 71.8 Å². The van der Waals surface area contributed by atoms with Gasteiger partial charge in [0, 0.05) is 0 Å². The minimum Gasteiger partial charge on any atom is -0.480 e. The van der Waals surface area contributed by atoms with Crippen LogP contribution in [0.4, 0.5) is 9.59 Å². The van der Waals surface area contributed by atoms with E-state index in [4.69, 9.17) is 9.68 Å². The number of carbonyl (C=O) groups is 4. The zero-order chi connectivity index (χ0) is 25.8. The number of carbonyl (C=O) groups excluding carboxylic acids is 2. The van der Waals surface area contributed by atoms with E-state index in [2.05, 4.69) is 4.74 Å². The number of nitrogens with zero attached hydrogens (tertiary/aromatic N) is 2. The molecule has 35 heavy (non-hydrogen) atoms. The topological polar surface area (TPSA) is 183 Å². The van der Waals surface area contributed by atoms with Crippen LogP contribution >= 0.6 is 0 Å². The number of carboxylic acids is 2. The molecule has 188 valence electrons. The van der Waals surface area contributed by atoms with Gasteiger partial charge in [0.1, 0.15) is 13.2 Å². The number of amides is 2. The van der Waals surface area contributed by atoms with Crippen molar-refractivity contribution in [3.8, 4) is 0 Å². The lowest BCUT2D eigenvalue weighted by molar-refractivity contribution is -0.202. The highest BCUT2D eigenvalue weighted by Gasteiger charge is 2.38. The molecule has 0 aliphatic heterocycles. The summed E-state index contributed by atoms with van der Waals surface area (Å²) in [6.07, 6.45) is -3.33. The summed E-state index contributed by atoms with van der Waals surface area (Å²) in [4.78, 5) is 58.6. The van der Waals surface area contributed by atoms with Gasteiger partial charge < -0.3 is 25.2 Å². The third kappa shape index (κ3) is 8.04. The number of aliphatic hydroxyl groups excluding tert-OH is 2. The maximum atomic E-state index is 12.6. The second-order valence-corrected chi connectivity index (χ2v) is 6.88. The highest BCUT2D eigenvalue weighted by Crippen LogP contribution is 2.13. The first kappa shape index (κ1) is 27.2. The van der Waals surface area contributed by atoms with Crippen LogP contribution in [-0.4, -0.2) is 80.0 Å². The molecule has 0 bridgehead atoms. The number of hydrogen-bond donors (Lipinski definition) is 4. The molecule has 0 radical (unpaired) electrons. The number of benzene rings is 2. The van der Waals surface area contributed by atoms with Crippen molar-refractivity contribution in [2.45, 2.75) is 25.3 Å². The predicted octanol–water partition coefficient (Wildman–Crippen LogP) is 1.00. The van der Waals surface area contributed by atoms with E-state index in [-0.39, 0.29) is 23.3 Å². The van der Waals surface area contributed by atoms with E-state index in [0.29, 0.717) is 11.1 Å². The van der Waals surface area contributed by atoms with Gasteiger partial charge in [-0.05, 0) is 11.1 Å². The molecule has 0 saturated carbocycles. The molecule has 0 aromatic heterocycles. The summed E-state index contributed by atoms with van der Waals surface area (Å²) < 4.78 is 4.59. The molecule has 13 heteroatoms. The minimum atomic E-state index is -1.95. The van der Waals surface area contributed by atoms with Crippen LogP contribution < -0.4 is 0 Å². The lowest BCUT2D eigenvalue weighted by atomic mass is 10.2. The maximum absolute atomic E-state index is 12.6. The largest absolute Gasteiger partial charge is 0.480 e. The number of ether oxygens (including phenoxy) is 1. The van der Waals surface area contributed by atoms with Crippen LogP contribution in [0.25, 0.3) is 0 Å².